The van der Waals surface area contributed by atoms with Crippen LogP contribution in [0.5, 0.6) is 0 Å². The molecule has 0 bridgehead atoms. The molecule has 0 radical (unpaired) electrons. The van der Waals surface area contributed by atoms with E-state index in [1.807, 2.05) is 39.8 Å². The van der Waals surface area contributed by atoms with Crippen molar-refractivity contribution in [3.8, 4) is 0 Å². The largest absolute Gasteiger partial charge is 0.373 e. The maximum absolute atomic E-state index is 12.1. The van der Waals surface area contributed by atoms with Gasteiger partial charge in [-0.2, -0.15) is 0 Å². The Balaban J connectivity index is 3.20. The van der Waals surface area contributed by atoms with Crippen molar-refractivity contribution in [3.05, 3.63) is 23.4 Å². The summed E-state index contributed by atoms with van der Waals surface area (Å²) in [4.78, 5) is 16.4. The number of rotatable bonds is 2. The second-order valence-electron chi connectivity index (χ2n) is 4.68. The lowest BCUT2D eigenvalue weighted by Crippen LogP contribution is -2.21. The summed E-state index contributed by atoms with van der Waals surface area (Å²) in [5, 5.41) is 2.96. The molecule has 1 aromatic rings. The smallest absolute Gasteiger partial charge is 0.171 e. The fraction of sp³-hybridized carbons (Fsp3) is 0.500. The zero-order valence-electron chi connectivity index (χ0n) is 10.0. The summed E-state index contributed by atoms with van der Waals surface area (Å²) >= 11 is 0. The summed E-state index contributed by atoms with van der Waals surface area (Å²) in [5.41, 5.74) is 1.20. The van der Waals surface area contributed by atoms with E-state index in [1.54, 1.807) is 7.05 Å². The van der Waals surface area contributed by atoms with Crippen LogP contribution in [-0.4, -0.2) is 17.8 Å². The maximum atomic E-state index is 12.1. The van der Waals surface area contributed by atoms with E-state index in [9.17, 15) is 4.79 Å². The molecule has 3 nitrogen and oxygen atoms in total. The van der Waals surface area contributed by atoms with E-state index >= 15 is 0 Å². The van der Waals surface area contributed by atoms with Crippen molar-refractivity contribution in [2.45, 2.75) is 27.7 Å². The van der Waals surface area contributed by atoms with E-state index in [1.165, 1.54) is 0 Å². The van der Waals surface area contributed by atoms with Gasteiger partial charge < -0.3 is 5.32 Å². The third-order valence-electron chi connectivity index (χ3n) is 2.20. The molecule has 0 spiro atoms. The van der Waals surface area contributed by atoms with Crippen LogP contribution < -0.4 is 5.32 Å². The van der Waals surface area contributed by atoms with Crippen molar-refractivity contribution >= 4 is 11.6 Å². The second kappa shape index (κ2) is 4.01. The minimum Gasteiger partial charge on any atom is -0.373 e. The van der Waals surface area contributed by atoms with E-state index in [0.29, 0.717) is 11.4 Å². The molecule has 0 saturated heterocycles. The van der Waals surface area contributed by atoms with E-state index < -0.39 is 0 Å². The first-order valence-electron chi connectivity index (χ1n) is 5.06. The number of ketones is 1. The van der Waals surface area contributed by atoms with Gasteiger partial charge in [0, 0.05) is 18.2 Å². The van der Waals surface area contributed by atoms with Crippen LogP contribution in [0.15, 0.2) is 12.1 Å². The van der Waals surface area contributed by atoms with Gasteiger partial charge in [-0.05, 0) is 19.1 Å². The molecule has 0 aromatic carbocycles. The van der Waals surface area contributed by atoms with E-state index in [0.717, 1.165) is 5.69 Å². The van der Waals surface area contributed by atoms with Crippen molar-refractivity contribution in [3.63, 3.8) is 0 Å². The van der Waals surface area contributed by atoms with Gasteiger partial charge >= 0.3 is 0 Å². The highest BCUT2D eigenvalue weighted by Gasteiger charge is 2.25. The van der Waals surface area contributed by atoms with Crippen molar-refractivity contribution in [2.75, 3.05) is 12.4 Å². The zero-order valence-corrected chi connectivity index (χ0v) is 10.0. The van der Waals surface area contributed by atoms with Gasteiger partial charge in [-0.15, -0.1) is 0 Å². The van der Waals surface area contributed by atoms with E-state index in [4.69, 9.17) is 0 Å². The first-order chi connectivity index (χ1) is 6.86. The lowest BCUT2D eigenvalue weighted by Gasteiger charge is -2.18. The minimum atomic E-state index is -0.372. The number of Topliss-reactive ketones (excluding diaryl/α,β-unsaturated/α-hetero) is 1. The predicted octanol–water partition coefficient (Wildman–Crippen LogP) is 2.66. The molecule has 0 unspecified atom stereocenters. The number of nitrogens with one attached hydrogen (secondary N) is 1. The van der Waals surface area contributed by atoms with Crippen LogP contribution in [0.4, 0.5) is 5.82 Å². The molecule has 0 aliphatic rings. The molecule has 15 heavy (non-hydrogen) atoms. The Morgan fingerprint density at radius 3 is 2.40 bits per heavy atom. The Morgan fingerprint density at radius 1 is 1.33 bits per heavy atom. The molecule has 0 atom stereocenters. The van der Waals surface area contributed by atoms with Gasteiger partial charge in [-0.3, -0.25) is 4.79 Å². The Bertz CT molecular complexity index is 378. The molecule has 0 aliphatic carbocycles. The fourth-order valence-electron chi connectivity index (χ4n) is 1.33. The van der Waals surface area contributed by atoms with E-state index in [2.05, 4.69) is 10.3 Å². The molecule has 0 saturated carbocycles. The maximum Gasteiger partial charge on any atom is 0.171 e. The highest BCUT2D eigenvalue weighted by Crippen LogP contribution is 2.24. The van der Waals surface area contributed by atoms with Crippen LogP contribution in [-0.2, 0) is 0 Å². The number of aromatic nitrogens is 1. The molecule has 3 heteroatoms. The number of hydrogen-bond acceptors (Lipinski definition) is 3. The monoisotopic (exact) mass is 206 g/mol. The molecule has 1 rings (SSSR count). The number of aryl methyl sites for hydroxylation is 1. The average Bonchev–Trinajstić information content (AvgIpc) is 2.15. The minimum absolute atomic E-state index is 0.111. The molecule has 1 aromatic heterocycles. The lowest BCUT2D eigenvalue weighted by molar-refractivity contribution is 0.0859. The molecule has 1 N–H and O–H groups in total. The number of carbonyl (C=O) groups is 1. The van der Waals surface area contributed by atoms with Crippen LogP contribution in [0.1, 0.15) is 36.8 Å². The Kier molecular flexibility index (Phi) is 3.12. The van der Waals surface area contributed by atoms with Crippen LogP contribution in [0.25, 0.3) is 0 Å². The van der Waals surface area contributed by atoms with Crippen molar-refractivity contribution in [1.82, 2.24) is 4.98 Å². The SMILES string of the molecule is CNc1nc(C)ccc1C(=O)C(C)(C)C. The third-order valence-corrected chi connectivity index (χ3v) is 2.20. The molecule has 0 amide bonds. The molecule has 1 heterocycles. The standard InChI is InChI=1S/C12H18N2O/c1-8-6-7-9(11(13-5)14-8)10(15)12(2,3)4/h6-7H,1-5H3,(H,13,14). The highest BCUT2D eigenvalue weighted by molar-refractivity contribution is 6.03. The fourth-order valence-corrected chi connectivity index (χ4v) is 1.33. The van der Waals surface area contributed by atoms with Gasteiger partial charge in [0.25, 0.3) is 0 Å². The van der Waals surface area contributed by atoms with Gasteiger partial charge in [0.2, 0.25) is 0 Å². The summed E-state index contributed by atoms with van der Waals surface area (Å²) in [5.74, 6) is 0.772. The van der Waals surface area contributed by atoms with Gasteiger partial charge in [0.15, 0.2) is 5.78 Å². The summed E-state index contributed by atoms with van der Waals surface area (Å²) in [7, 11) is 1.78. The number of pyridine rings is 1. The van der Waals surface area contributed by atoms with Crippen LogP contribution in [0.2, 0.25) is 0 Å². The zero-order chi connectivity index (χ0) is 11.6. The first kappa shape index (κ1) is 11.7. The van der Waals surface area contributed by atoms with Crippen molar-refractivity contribution in [2.24, 2.45) is 5.41 Å². The lowest BCUT2D eigenvalue weighted by atomic mass is 9.86. The van der Waals surface area contributed by atoms with Gasteiger partial charge in [-0.25, -0.2) is 4.98 Å². The molecule has 0 fully saturated rings. The van der Waals surface area contributed by atoms with Crippen LogP contribution in [0.3, 0.4) is 0 Å². The Morgan fingerprint density at radius 2 is 1.93 bits per heavy atom. The number of nitrogens with zero attached hydrogens (tertiary/aromatic N) is 1. The number of hydrogen-bond donors (Lipinski definition) is 1. The number of anilines is 1. The van der Waals surface area contributed by atoms with Gasteiger partial charge in [-0.1, -0.05) is 20.8 Å². The quantitative estimate of drug-likeness (QED) is 0.756. The molecular weight excluding hydrogens is 188 g/mol. The Labute approximate surface area is 90.9 Å². The Hall–Kier alpha value is -1.38. The van der Waals surface area contributed by atoms with Gasteiger partial charge in [0.05, 0.1) is 5.56 Å². The summed E-state index contributed by atoms with van der Waals surface area (Å²) in [6.45, 7) is 7.64. The predicted molar refractivity (Wildman–Crippen MR) is 62.3 cm³/mol. The summed E-state index contributed by atoms with van der Waals surface area (Å²) in [6, 6.07) is 3.70. The highest BCUT2D eigenvalue weighted by atomic mass is 16.1. The van der Waals surface area contributed by atoms with Crippen molar-refractivity contribution < 1.29 is 4.79 Å². The topological polar surface area (TPSA) is 42.0 Å². The van der Waals surface area contributed by atoms with Crippen LogP contribution >= 0.6 is 0 Å². The third kappa shape index (κ3) is 2.55. The van der Waals surface area contributed by atoms with E-state index in [-0.39, 0.29) is 11.2 Å². The van der Waals surface area contributed by atoms with Crippen LogP contribution in [0, 0.1) is 12.3 Å². The molecule has 0 aliphatic heterocycles. The van der Waals surface area contributed by atoms with Crippen molar-refractivity contribution in [1.29, 1.82) is 0 Å². The first-order valence-corrected chi connectivity index (χ1v) is 5.06. The number of carbonyl (C=O) groups excluding carboxylic acids is 1. The summed E-state index contributed by atoms with van der Waals surface area (Å²) in [6.07, 6.45) is 0. The molecule has 82 valence electrons. The molecular formula is C12H18N2O. The van der Waals surface area contributed by atoms with Gasteiger partial charge in [0.1, 0.15) is 5.82 Å². The summed E-state index contributed by atoms with van der Waals surface area (Å²) < 4.78 is 0. The normalized spacial score (nSPS) is 11.3. The second-order valence-corrected chi connectivity index (χ2v) is 4.68. The average molecular weight is 206 g/mol.